The molecular weight excluding hydrogens is 322 g/mol. The number of methoxy groups -OCH3 is 2. The molecule has 0 bridgehead atoms. The van der Waals surface area contributed by atoms with Crippen LogP contribution in [0.3, 0.4) is 0 Å². The average Bonchev–Trinajstić information content (AvgIpc) is 2.64. The maximum absolute atomic E-state index is 12.5. The van der Waals surface area contributed by atoms with Crippen molar-refractivity contribution in [2.45, 2.75) is 32.7 Å². The van der Waals surface area contributed by atoms with Crippen LogP contribution < -0.4 is 20.1 Å². The van der Waals surface area contributed by atoms with Crippen molar-refractivity contribution in [2.24, 2.45) is 0 Å². The highest BCUT2D eigenvalue weighted by molar-refractivity contribution is 5.77. The molecule has 2 N–H and O–H groups in total. The number of nitrogens with one attached hydrogen (secondary N) is 2. The van der Waals surface area contributed by atoms with E-state index in [1.54, 1.807) is 26.0 Å². The highest BCUT2D eigenvalue weighted by atomic mass is 16.5. The fourth-order valence-corrected chi connectivity index (χ4v) is 3.08. The zero-order chi connectivity index (χ0) is 18.4. The molecule has 3 amide bonds. The normalized spacial score (nSPS) is 16.0. The maximum Gasteiger partial charge on any atom is 0.317 e. The molecule has 2 rings (SSSR count). The van der Waals surface area contributed by atoms with Gasteiger partial charge in [-0.2, -0.15) is 0 Å². The predicted molar refractivity (Wildman–Crippen MR) is 95.1 cm³/mol. The minimum absolute atomic E-state index is 0.0385. The van der Waals surface area contributed by atoms with Crippen LogP contribution in [0, 0.1) is 0 Å². The van der Waals surface area contributed by atoms with Crippen molar-refractivity contribution >= 4 is 11.9 Å². The van der Waals surface area contributed by atoms with E-state index in [0.717, 1.165) is 17.5 Å². The van der Waals surface area contributed by atoms with Crippen LogP contribution in [0.1, 0.15) is 37.4 Å². The Morgan fingerprint density at radius 3 is 2.44 bits per heavy atom. The fourth-order valence-electron chi connectivity index (χ4n) is 3.08. The lowest BCUT2D eigenvalue weighted by Crippen LogP contribution is -2.49. The zero-order valence-electron chi connectivity index (χ0n) is 15.3. The second kappa shape index (κ2) is 8.60. The van der Waals surface area contributed by atoms with Crippen molar-refractivity contribution in [2.75, 3.05) is 33.9 Å². The Bertz CT molecular complexity index is 633. The van der Waals surface area contributed by atoms with Gasteiger partial charge >= 0.3 is 6.03 Å². The van der Waals surface area contributed by atoms with Crippen LogP contribution in [0.2, 0.25) is 0 Å². The van der Waals surface area contributed by atoms with Crippen LogP contribution in [0.5, 0.6) is 11.5 Å². The van der Waals surface area contributed by atoms with E-state index < -0.39 is 0 Å². The number of nitrogens with zero attached hydrogens (tertiary/aromatic N) is 1. The fraction of sp³-hybridized carbons (Fsp3) is 0.556. The average molecular weight is 349 g/mol. The SMILES string of the molecule is CCNC(=O)N1CCc2cc(OC)c(OC)cc2[C@H]1CNC(=O)CC. The molecule has 7 nitrogen and oxygen atoms in total. The van der Waals surface area contributed by atoms with Gasteiger partial charge in [0.15, 0.2) is 11.5 Å². The number of benzene rings is 1. The number of amides is 3. The summed E-state index contributed by atoms with van der Waals surface area (Å²) in [6.45, 7) is 5.20. The Hall–Kier alpha value is -2.44. The summed E-state index contributed by atoms with van der Waals surface area (Å²) >= 11 is 0. The van der Waals surface area contributed by atoms with E-state index in [1.165, 1.54) is 0 Å². The third-order valence-electron chi connectivity index (χ3n) is 4.41. The molecule has 1 heterocycles. The number of hydrogen-bond acceptors (Lipinski definition) is 4. The molecule has 1 aliphatic rings. The molecule has 0 spiro atoms. The molecule has 25 heavy (non-hydrogen) atoms. The molecule has 0 fully saturated rings. The smallest absolute Gasteiger partial charge is 0.317 e. The van der Waals surface area contributed by atoms with E-state index >= 15 is 0 Å². The minimum atomic E-state index is -0.245. The second-order valence-electron chi connectivity index (χ2n) is 5.86. The number of carbonyl (C=O) groups is 2. The maximum atomic E-state index is 12.5. The van der Waals surface area contributed by atoms with Gasteiger partial charge in [0.05, 0.1) is 20.3 Å². The van der Waals surface area contributed by atoms with Gasteiger partial charge in [-0.1, -0.05) is 6.92 Å². The molecule has 0 aromatic heterocycles. The Morgan fingerprint density at radius 1 is 1.16 bits per heavy atom. The highest BCUT2D eigenvalue weighted by Gasteiger charge is 2.32. The standard InChI is InChI=1S/C18H27N3O4/c1-5-17(22)20-11-14-13-10-16(25-4)15(24-3)9-12(13)7-8-21(14)18(23)19-6-2/h9-10,14H,5-8,11H2,1-4H3,(H,19,23)(H,20,22)/t14-/m1/s1. The van der Waals surface area contributed by atoms with Crippen LogP contribution in [-0.4, -0.2) is 50.7 Å². The Kier molecular flexibility index (Phi) is 6.50. The molecule has 138 valence electrons. The van der Waals surface area contributed by atoms with E-state index in [0.29, 0.717) is 37.6 Å². The van der Waals surface area contributed by atoms with Crippen LogP contribution in [0.25, 0.3) is 0 Å². The number of rotatable bonds is 6. The molecule has 0 radical (unpaired) electrons. The molecular formula is C18H27N3O4. The first-order valence-electron chi connectivity index (χ1n) is 8.61. The van der Waals surface area contributed by atoms with Gasteiger partial charge < -0.3 is 25.0 Å². The summed E-state index contributed by atoms with van der Waals surface area (Å²) in [5.74, 6) is 1.25. The van der Waals surface area contributed by atoms with E-state index in [-0.39, 0.29) is 18.0 Å². The lowest BCUT2D eigenvalue weighted by Gasteiger charge is -2.37. The highest BCUT2D eigenvalue weighted by Crippen LogP contribution is 2.37. The largest absolute Gasteiger partial charge is 0.493 e. The summed E-state index contributed by atoms with van der Waals surface area (Å²) in [5.41, 5.74) is 2.08. The number of hydrogen-bond donors (Lipinski definition) is 2. The van der Waals surface area contributed by atoms with Crippen molar-refractivity contribution in [3.8, 4) is 11.5 Å². The van der Waals surface area contributed by atoms with Gasteiger partial charge in [0.2, 0.25) is 5.91 Å². The summed E-state index contributed by atoms with van der Waals surface area (Å²) in [7, 11) is 3.19. The van der Waals surface area contributed by atoms with Crippen molar-refractivity contribution in [1.82, 2.24) is 15.5 Å². The number of carbonyl (C=O) groups excluding carboxylic acids is 2. The Balaban J connectivity index is 2.39. The van der Waals surface area contributed by atoms with Crippen LogP contribution in [0.4, 0.5) is 4.79 Å². The van der Waals surface area contributed by atoms with Gasteiger partial charge in [0.25, 0.3) is 0 Å². The molecule has 1 aromatic rings. The number of urea groups is 1. The van der Waals surface area contributed by atoms with Gasteiger partial charge in [-0.3, -0.25) is 4.79 Å². The molecule has 7 heteroatoms. The molecule has 1 atom stereocenters. The second-order valence-corrected chi connectivity index (χ2v) is 5.86. The third kappa shape index (κ3) is 4.15. The van der Waals surface area contributed by atoms with E-state index in [2.05, 4.69) is 10.6 Å². The van der Waals surface area contributed by atoms with Crippen molar-refractivity contribution in [3.05, 3.63) is 23.3 Å². The van der Waals surface area contributed by atoms with Gasteiger partial charge in [-0.25, -0.2) is 4.79 Å². The Labute approximate surface area is 148 Å². The van der Waals surface area contributed by atoms with Gasteiger partial charge in [-0.05, 0) is 36.6 Å². The Morgan fingerprint density at radius 2 is 1.84 bits per heavy atom. The van der Waals surface area contributed by atoms with Crippen LogP contribution in [0.15, 0.2) is 12.1 Å². The minimum Gasteiger partial charge on any atom is -0.493 e. The van der Waals surface area contributed by atoms with Crippen LogP contribution >= 0.6 is 0 Å². The topological polar surface area (TPSA) is 79.9 Å². The first-order valence-corrected chi connectivity index (χ1v) is 8.61. The van der Waals surface area contributed by atoms with Gasteiger partial charge in [0.1, 0.15) is 0 Å². The molecule has 0 saturated heterocycles. The molecule has 0 saturated carbocycles. The lowest BCUT2D eigenvalue weighted by molar-refractivity contribution is -0.121. The van der Waals surface area contributed by atoms with Crippen molar-refractivity contribution < 1.29 is 19.1 Å². The monoisotopic (exact) mass is 349 g/mol. The van der Waals surface area contributed by atoms with Crippen molar-refractivity contribution in [1.29, 1.82) is 0 Å². The molecule has 1 aliphatic heterocycles. The third-order valence-corrected chi connectivity index (χ3v) is 4.41. The molecule has 1 aromatic carbocycles. The number of fused-ring (bicyclic) bond motifs is 1. The lowest BCUT2D eigenvalue weighted by atomic mass is 9.91. The van der Waals surface area contributed by atoms with E-state index in [9.17, 15) is 9.59 Å². The first kappa shape index (κ1) is 18.9. The summed E-state index contributed by atoms with van der Waals surface area (Å²) in [6.07, 6.45) is 1.14. The predicted octanol–water partition coefficient (Wildman–Crippen LogP) is 1.86. The number of ether oxygens (including phenoxy) is 2. The first-order chi connectivity index (χ1) is 12.0. The van der Waals surface area contributed by atoms with Gasteiger partial charge in [0, 0.05) is 26.1 Å². The van der Waals surface area contributed by atoms with Crippen LogP contribution in [-0.2, 0) is 11.2 Å². The summed E-state index contributed by atoms with van der Waals surface area (Å²) in [5, 5.41) is 5.75. The summed E-state index contributed by atoms with van der Waals surface area (Å²) in [6, 6.07) is 3.49. The summed E-state index contributed by atoms with van der Waals surface area (Å²) < 4.78 is 10.8. The molecule has 0 unspecified atom stereocenters. The quantitative estimate of drug-likeness (QED) is 0.821. The molecule has 0 aliphatic carbocycles. The van der Waals surface area contributed by atoms with Gasteiger partial charge in [-0.15, -0.1) is 0 Å². The zero-order valence-corrected chi connectivity index (χ0v) is 15.3. The van der Waals surface area contributed by atoms with E-state index in [4.69, 9.17) is 9.47 Å². The van der Waals surface area contributed by atoms with E-state index in [1.807, 2.05) is 19.1 Å². The van der Waals surface area contributed by atoms with Crippen molar-refractivity contribution in [3.63, 3.8) is 0 Å². The summed E-state index contributed by atoms with van der Waals surface area (Å²) in [4.78, 5) is 25.9.